The van der Waals surface area contributed by atoms with Crippen molar-refractivity contribution in [3.05, 3.63) is 53.0 Å². The van der Waals surface area contributed by atoms with Gasteiger partial charge in [0.1, 0.15) is 17.9 Å². The summed E-state index contributed by atoms with van der Waals surface area (Å²) < 4.78 is 43.4. The number of carboxylic acid groups (broad SMARTS) is 1. The number of alkyl halides is 3. The Balaban J connectivity index is 1.92. The van der Waals surface area contributed by atoms with E-state index >= 15 is 0 Å². The van der Waals surface area contributed by atoms with E-state index in [-0.39, 0.29) is 30.1 Å². The summed E-state index contributed by atoms with van der Waals surface area (Å²) in [5, 5.41) is 11.3. The van der Waals surface area contributed by atoms with Crippen LogP contribution in [-0.2, 0) is 6.18 Å². The fraction of sp³-hybridized carbons (Fsp3) is 0.250. The van der Waals surface area contributed by atoms with Crippen LogP contribution in [0, 0.1) is 6.92 Å². The number of aryl methyl sites for hydroxylation is 1. The number of nitrogens with one attached hydrogen (secondary N) is 1. The Hall–Kier alpha value is -3.17. The molecule has 2 aromatic heterocycles. The van der Waals surface area contributed by atoms with E-state index in [1.807, 2.05) is 0 Å². The van der Waals surface area contributed by atoms with Gasteiger partial charge in [0.15, 0.2) is 0 Å². The molecule has 0 unspecified atom stereocenters. The normalized spacial score (nSPS) is 11.1. The van der Waals surface area contributed by atoms with Gasteiger partial charge in [0.25, 0.3) is 5.91 Å². The van der Waals surface area contributed by atoms with Gasteiger partial charge in [-0.15, -0.1) is 0 Å². The summed E-state index contributed by atoms with van der Waals surface area (Å²) in [7, 11) is 0. The molecule has 0 saturated carbocycles. The first-order valence-corrected chi connectivity index (χ1v) is 7.34. The monoisotopic (exact) mass is 369 g/mol. The largest absolute Gasteiger partial charge is 0.478 e. The lowest BCUT2D eigenvalue weighted by Gasteiger charge is -2.12. The van der Waals surface area contributed by atoms with E-state index in [1.165, 1.54) is 25.3 Å². The molecule has 26 heavy (non-hydrogen) atoms. The standard InChI is InChI=1S/C16H14F3N3O4/c1-9-10(15(24)25)4-5-12(22-9)13(23)20-7-8-26-14-11(16(17,18)19)3-2-6-21-14/h2-6H,7-8H2,1H3,(H,20,23)(H,24,25). The van der Waals surface area contributed by atoms with Crippen LogP contribution in [0.2, 0.25) is 0 Å². The molecule has 7 nitrogen and oxygen atoms in total. The molecule has 0 aliphatic carbocycles. The lowest BCUT2D eigenvalue weighted by Crippen LogP contribution is -2.29. The van der Waals surface area contributed by atoms with Gasteiger partial charge in [-0.05, 0) is 31.2 Å². The highest BCUT2D eigenvalue weighted by atomic mass is 19.4. The third-order valence-electron chi connectivity index (χ3n) is 3.25. The van der Waals surface area contributed by atoms with E-state index in [9.17, 15) is 22.8 Å². The summed E-state index contributed by atoms with van der Waals surface area (Å²) in [6.45, 7) is 1.12. The zero-order valence-corrected chi connectivity index (χ0v) is 13.5. The highest BCUT2D eigenvalue weighted by Crippen LogP contribution is 2.34. The number of hydrogen-bond acceptors (Lipinski definition) is 5. The quantitative estimate of drug-likeness (QED) is 0.758. The molecule has 2 heterocycles. The molecule has 2 aromatic rings. The van der Waals surface area contributed by atoms with Crippen molar-refractivity contribution >= 4 is 11.9 Å². The third kappa shape index (κ3) is 4.68. The van der Waals surface area contributed by atoms with E-state index in [4.69, 9.17) is 9.84 Å². The molecule has 10 heteroatoms. The van der Waals surface area contributed by atoms with Crippen molar-refractivity contribution in [1.82, 2.24) is 15.3 Å². The molecule has 0 fully saturated rings. The van der Waals surface area contributed by atoms with Gasteiger partial charge in [-0.25, -0.2) is 14.8 Å². The lowest BCUT2D eigenvalue weighted by atomic mass is 10.2. The number of pyridine rings is 2. The van der Waals surface area contributed by atoms with E-state index < -0.39 is 29.5 Å². The predicted molar refractivity (Wildman–Crippen MR) is 83.0 cm³/mol. The minimum Gasteiger partial charge on any atom is -0.478 e. The Morgan fingerprint density at radius 3 is 2.62 bits per heavy atom. The Kier molecular flexibility index (Phi) is 5.75. The average molecular weight is 369 g/mol. The predicted octanol–water partition coefficient (Wildman–Crippen LogP) is 2.31. The molecule has 2 rings (SSSR count). The number of ether oxygens (including phenoxy) is 1. The topological polar surface area (TPSA) is 101 Å². The zero-order valence-electron chi connectivity index (χ0n) is 13.5. The SMILES string of the molecule is Cc1nc(C(=O)NCCOc2ncccc2C(F)(F)F)ccc1C(=O)O. The Morgan fingerprint density at radius 1 is 1.27 bits per heavy atom. The van der Waals surface area contributed by atoms with Gasteiger partial charge in [-0.1, -0.05) is 0 Å². The van der Waals surface area contributed by atoms with Crippen LogP contribution in [-0.4, -0.2) is 40.1 Å². The van der Waals surface area contributed by atoms with Gasteiger partial charge in [0.2, 0.25) is 5.88 Å². The van der Waals surface area contributed by atoms with Crippen molar-refractivity contribution < 1.29 is 32.6 Å². The summed E-state index contributed by atoms with van der Waals surface area (Å²) in [5.74, 6) is -2.34. The summed E-state index contributed by atoms with van der Waals surface area (Å²) >= 11 is 0. The van der Waals surface area contributed by atoms with Crippen LogP contribution in [0.15, 0.2) is 30.5 Å². The van der Waals surface area contributed by atoms with Gasteiger partial charge >= 0.3 is 12.1 Å². The fourth-order valence-corrected chi connectivity index (χ4v) is 2.04. The molecule has 0 aliphatic heterocycles. The molecule has 0 atom stereocenters. The number of halogens is 3. The fourth-order valence-electron chi connectivity index (χ4n) is 2.04. The molecule has 0 bridgehead atoms. The van der Waals surface area contributed by atoms with Gasteiger partial charge < -0.3 is 15.2 Å². The third-order valence-corrected chi connectivity index (χ3v) is 3.25. The van der Waals surface area contributed by atoms with Crippen LogP contribution in [0.25, 0.3) is 0 Å². The van der Waals surface area contributed by atoms with Gasteiger partial charge in [-0.3, -0.25) is 4.79 Å². The number of aromatic nitrogens is 2. The highest BCUT2D eigenvalue weighted by molar-refractivity contribution is 5.94. The van der Waals surface area contributed by atoms with Crippen LogP contribution in [0.3, 0.4) is 0 Å². The van der Waals surface area contributed by atoms with Gasteiger partial charge in [0.05, 0.1) is 17.8 Å². The number of carbonyl (C=O) groups excluding carboxylic acids is 1. The maximum atomic E-state index is 12.8. The van der Waals surface area contributed by atoms with Gasteiger partial charge in [0, 0.05) is 6.20 Å². The summed E-state index contributed by atoms with van der Waals surface area (Å²) in [4.78, 5) is 30.3. The Bertz CT molecular complexity index is 825. The summed E-state index contributed by atoms with van der Waals surface area (Å²) in [6.07, 6.45) is -3.43. The second-order valence-electron chi connectivity index (χ2n) is 5.09. The van der Waals surface area contributed by atoms with E-state index in [0.29, 0.717) is 0 Å². The van der Waals surface area contributed by atoms with Crippen LogP contribution in [0.5, 0.6) is 5.88 Å². The molecule has 138 valence electrons. The molecule has 0 radical (unpaired) electrons. The summed E-state index contributed by atoms with van der Waals surface area (Å²) in [5.41, 5.74) is -0.876. The molecule has 0 spiro atoms. The van der Waals surface area contributed by atoms with Crippen molar-refractivity contribution in [3.8, 4) is 5.88 Å². The maximum absolute atomic E-state index is 12.8. The van der Waals surface area contributed by atoms with Crippen LogP contribution >= 0.6 is 0 Å². The van der Waals surface area contributed by atoms with Gasteiger partial charge in [-0.2, -0.15) is 13.2 Å². The number of amides is 1. The zero-order chi connectivity index (χ0) is 19.3. The molecule has 0 saturated heterocycles. The molecule has 1 amide bonds. The number of carboxylic acids is 1. The molecule has 2 N–H and O–H groups in total. The summed E-state index contributed by atoms with van der Waals surface area (Å²) in [6, 6.07) is 4.48. The molecular weight excluding hydrogens is 355 g/mol. The smallest absolute Gasteiger partial charge is 0.421 e. The van der Waals surface area contributed by atoms with Crippen molar-refractivity contribution in [3.63, 3.8) is 0 Å². The minimum absolute atomic E-state index is 0.0127. The number of carbonyl (C=O) groups is 2. The van der Waals surface area contributed by atoms with E-state index in [0.717, 1.165) is 12.1 Å². The highest BCUT2D eigenvalue weighted by Gasteiger charge is 2.35. The number of rotatable bonds is 6. The second-order valence-corrected chi connectivity index (χ2v) is 5.09. The minimum atomic E-state index is -4.60. The number of aromatic carboxylic acids is 1. The van der Waals surface area contributed by atoms with Crippen molar-refractivity contribution in [2.75, 3.05) is 13.2 Å². The first kappa shape index (κ1) is 19.2. The molecular formula is C16H14F3N3O4. The number of hydrogen-bond donors (Lipinski definition) is 2. The first-order valence-electron chi connectivity index (χ1n) is 7.34. The maximum Gasteiger partial charge on any atom is 0.421 e. The van der Waals surface area contributed by atoms with Crippen molar-refractivity contribution in [1.29, 1.82) is 0 Å². The lowest BCUT2D eigenvalue weighted by molar-refractivity contribution is -0.139. The second kappa shape index (κ2) is 7.81. The Morgan fingerprint density at radius 2 is 2.00 bits per heavy atom. The first-order chi connectivity index (χ1) is 12.2. The Labute approximate surface area is 145 Å². The van der Waals surface area contributed by atoms with Crippen LogP contribution < -0.4 is 10.1 Å². The van der Waals surface area contributed by atoms with Crippen LogP contribution in [0.4, 0.5) is 13.2 Å². The van der Waals surface area contributed by atoms with Crippen molar-refractivity contribution in [2.45, 2.75) is 13.1 Å². The average Bonchev–Trinajstić information content (AvgIpc) is 2.57. The van der Waals surface area contributed by atoms with Crippen LogP contribution in [0.1, 0.15) is 32.1 Å². The molecule has 0 aromatic carbocycles. The van der Waals surface area contributed by atoms with E-state index in [2.05, 4.69) is 15.3 Å². The van der Waals surface area contributed by atoms with Crippen molar-refractivity contribution in [2.24, 2.45) is 0 Å². The van der Waals surface area contributed by atoms with E-state index in [1.54, 1.807) is 0 Å². The molecule has 0 aliphatic rings. The number of nitrogens with zero attached hydrogens (tertiary/aromatic N) is 2.